The highest BCUT2D eigenvalue weighted by Gasteiger charge is 2.11. The molecule has 78 valence electrons. The second-order valence-corrected chi connectivity index (χ2v) is 3.61. The topological polar surface area (TPSA) is 73.3 Å². The van der Waals surface area contributed by atoms with Gasteiger partial charge in [-0.1, -0.05) is 17.7 Å². The molecule has 0 saturated carbocycles. The molecule has 1 heterocycles. The molecule has 0 radical (unpaired) electrons. The molecule has 0 spiro atoms. The minimum Gasteiger partial charge on any atom is -0.504 e. The summed E-state index contributed by atoms with van der Waals surface area (Å²) in [6, 6.07) is 3.23. The van der Waals surface area contributed by atoms with Crippen molar-refractivity contribution in [1.82, 2.24) is 4.98 Å². The number of benzene rings is 1. The fraction of sp³-hybridized carbons (Fsp3) is 0.100. The van der Waals surface area contributed by atoms with Crippen molar-refractivity contribution in [2.45, 2.75) is 6.42 Å². The first-order valence-electron chi connectivity index (χ1n) is 4.29. The highest BCUT2D eigenvalue weighted by atomic mass is 35.5. The van der Waals surface area contributed by atoms with Crippen molar-refractivity contribution in [2.75, 3.05) is 0 Å². The molecule has 1 aromatic carbocycles. The summed E-state index contributed by atoms with van der Waals surface area (Å²) in [6.45, 7) is 0. The van der Waals surface area contributed by atoms with Crippen LogP contribution >= 0.6 is 11.6 Å². The number of carbonyl (C=O) groups is 1. The van der Waals surface area contributed by atoms with Crippen molar-refractivity contribution in [3.63, 3.8) is 0 Å². The highest BCUT2D eigenvalue weighted by molar-refractivity contribution is 6.33. The second kappa shape index (κ2) is 3.47. The van der Waals surface area contributed by atoms with Crippen LogP contribution in [0.25, 0.3) is 10.9 Å². The quantitative estimate of drug-likeness (QED) is 0.733. The summed E-state index contributed by atoms with van der Waals surface area (Å²) in [4.78, 5) is 13.4. The zero-order chi connectivity index (χ0) is 11.0. The standard InChI is InChI=1S/C10H8ClNO3/c11-7-2-1-6-5(3-8(13)14)4-12-9(6)10(7)15/h1-2,4,12,15H,3H2,(H,13,14). The highest BCUT2D eigenvalue weighted by Crippen LogP contribution is 2.33. The fourth-order valence-corrected chi connectivity index (χ4v) is 1.68. The molecule has 5 heteroatoms. The Kier molecular flexibility index (Phi) is 2.28. The van der Waals surface area contributed by atoms with Crippen molar-refractivity contribution in [3.05, 3.63) is 28.9 Å². The monoisotopic (exact) mass is 225 g/mol. The van der Waals surface area contributed by atoms with E-state index in [1.807, 2.05) is 0 Å². The number of aromatic nitrogens is 1. The number of carboxylic acids is 1. The maximum absolute atomic E-state index is 10.6. The smallest absolute Gasteiger partial charge is 0.307 e. The van der Waals surface area contributed by atoms with Gasteiger partial charge in [-0.2, -0.15) is 0 Å². The summed E-state index contributed by atoms with van der Waals surface area (Å²) in [5, 5.41) is 19.2. The third-order valence-corrected chi connectivity index (χ3v) is 2.51. The molecule has 0 aliphatic heterocycles. The van der Waals surface area contributed by atoms with Crippen LogP contribution in [0.5, 0.6) is 5.75 Å². The van der Waals surface area contributed by atoms with Crippen LogP contribution in [0, 0.1) is 0 Å². The SMILES string of the molecule is O=C(O)Cc1c[nH]c2c(O)c(Cl)ccc12. The van der Waals surface area contributed by atoms with Crippen LogP contribution in [0.15, 0.2) is 18.3 Å². The molecule has 0 aliphatic carbocycles. The van der Waals surface area contributed by atoms with Gasteiger partial charge in [0.25, 0.3) is 0 Å². The molecular formula is C10H8ClNO3. The van der Waals surface area contributed by atoms with Crippen molar-refractivity contribution in [1.29, 1.82) is 0 Å². The van der Waals surface area contributed by atoms with Crippen LogP contribution in [-0.4, -0.2) is 21.2 Å². The zero-order valence-electron chi connectivity index (χ0n) is 7.62. The number of aromatic amines is 1. The van der Waals surface area contributed by atoms with Crippen molar-refractivity contribution >= 4 is 28.5 Å². The number of phenolic OH excluding ortho intramolecular Hbond substituents is 1. The van der Waals surface area contributed by atoms with Crippen molar-refractivity contribution in [3.8, 4) is 5.75 Å². The van der Waals surface area contributed by atoms with Gasteiger partial charge in [-0.05, 0) is 11.6 Å². The lowest BCUT2D eigenvalue weighted by atomic mass is 10.1. The first-order valence-corrected chi connectivity index (χ1v) is 4.66. The lowest BCUT2D eigenvalue weighted by molar-refractivity contribution is -0.136. The molecule has 4 nitrogen and oxygen atoms in total. The Hall–Kier alpha value is -1.68. The Morgan fingerprint density at radius 1 is 1.47 bits per heavy atom. The van der Waals surface area contributed by atoms with E-state index in [2.05, 4.69) is 4.98 Å². The Morgan fingerprint density at radius 3 is 2.87 bits per heavy atom. The average Bonchev–Trinajstić information content (AvgIpc) is 2.55. The third-order valence-electron chi connectivity index (χ3n) is 2.21. The number of rotatable bonds is 2. The van der Waals surface area contributed by atoms with Crippen LogP contribution in [0.2, 0.25) is 5.02 Å². The van der Waals surface area contributed by atoms with Crippen molar-refractivity contribution in [2.24, 2.45) is 0 Å². The Bertz CT molecular complexity index is 533. The number of aromatic hydroxyl groups is 1. The van der Waals surface area contributed by atoms with E-state index >= 15 is 0 Å². The van der Waals surface area contributed by atoms with E-state index in [0.717, 1.165) is 0 Å². The van der Waals surface area contributed by atoms with E-state index in [4.69, 9.17) is 16.7 Å². The van der Waals surface area contributed by atoms with Gasteiger partial charge in [-0.25, -0.2) is 0 Å². The van der Waals surface area contributed by atoms with E-state index in [1.54, 1.807) is 18.3 Å². The molecule has 0 saturated heterocycles. The number of phenols is 1. The van der Waals surface area contributed by atoms with Gasteiger partial charge in [0.05, 0.1) is 17.0 Å². The first-order chi connectivity index (χ1) is 7.09. The van der Waals surface area contributed by atoms with E-state index in [9.17, 15) is 9.90 Å². The number of H-pyrrole nitrogens is 1. The normalized spacial score (nSPS) is 10.7. The third kappa shape index (κ3) is 1.64. The van der Waals surface area contributed by atoms with Crippen LogP contribution in [0.1, 0.15) is 5.56 Å². The van der Waals surface area contributed by atoms with Crippen LogP contribution < -0.4 is 0 Å². The minimum absolute atomic E-state index is 0.0502. The number of fused-ring (bicyclic) bond motifs is 1. The second-order valence-electron chi connectivity index (χ2n) is 3.20. The van der Waals surface area contributed by atoms with Gasteiger partial charge >= 0.3 is 5.97 Å². The van der Waals surface area contributed by atoms with Gasteiger partial charge < -0.3 is 15.2 Å². The Balaban J connectivity index is 2.61. The molecular weight excluding hydrogens is 218 g/mol. The van der Waals surface area contributed by atoms with Crippen LogP contribution in [-0.2, 0) is 11.2 Å². The maximum Gasteiger partial charge on any atom is 0.307 e. The van der Waals surface area contributed by atoms with Gasteiger partial charge in [0.15, 0.2) is 5.75 Å². The van der Waals surface area contributed by atoms with Crippen molar-refractivity contribution < 1.29 is 15.0 Å². The predicted octanol–water partition coefficient (Wildman–Crippen LogP) is 2.15. The summed E-state index contributed by atoms with van der Waals surface area (Å²) in [7, 11) is 0. The van der Waals surface area contributed by atoms with Gasteiger partial charge in [0.2, 0.25) is 0 Å². The number of aliphatic carboxylic acids is 1. The molecule has 0 amide bonds. The summed E-state index contributed by atoms with van der Waals surface area (Å²) in [5.41, 5.74) is 1.10. The largest absolute Gasteiger partial charge is 0.504 e. The number of hydrogen-bond acceptors (Lipinski definition) is 2. The molecule has 0 unspecified atom stereocenters. The average molecular weight is 226 g/mol. The molecule has 3 N–H and O–H groups in total. The van der Waals surface area contributed by atoms with E-state index < -0.39 is 5.97 Å². The van der Waals surface area contributed by atoms with E-state index in [-0.39, 0.29) is 17.2 Å². The number of halogens is 1. The Morgan fingerprint density at radius 2 is 2.20 bits per heavy atom. The van der Waals surface area contributed by atoms with Crippen LogP contribution in [0.4, 0.5) is 0 Å². The molecule has 2 aromatic rings. The predicted molar refractivity (Wildman–Crippen MR) is 56.3 cm³/mol. The van der Waals surface area contributed by atoms with Crippen LogP contribution in [0.3, 0.4) is 0 Å². The molecule has 0 atom stereocenters. The summed E-state index contributed by atoms with van der Waals surface area (Å²) >= 11 is 5.72. The van der Waals surface area contributed by atoms with Gasteiger partial charge in [-0.15, -0.1) is 0 Å². The number of hydrogen-bond donors (Lipinski definition) is 3. The summed E-state index contributed by atoms with van der Waals surface area (Å²) in [6.07, 6.45) is 1.48. The first kappa shape index (κ1) is 9.86. The maximum atomic E-state index is 10.6. The lowest BCUT2D eigenvalue weighted by Gasteiger charge is -1.98. The molecule has 1 aromatic heterocycles. The zero-order valence-corrected chi connectivity index (χ0v) is 8.38. The van der Waals surface area contributed by atoms with Gasteiger partial charge in [0, 0.05) is 11.6 Å². The fourth-order valence-electron chi connectivity index (χ4n) is 1.53. The molecule has 0 fully saturated rings. The molecule has 15 heavy (non-hydrogen) atoms. The van der Waals surface area contributed by atoms with Gasteiger partial charge in [0.1, 0.15) is 0 Å². The number of nitrogens with one attached hydrogen (secondary N) is 1. The number of carboxylic acid groups (broad SMARTS) is 1. The summed E-state index contributed by atoms with van der Waals surface area (Å²) in [5.74, 6) is -0.962. The molecule has 0 bridgehead atoms. The lowest BCUT2D eigenvalue weighted by Crippen LogP contribution is -1.98. The van der Waals surface area contributed by atoms with Gasteiger partial charge in [-0.3, -0.25) is 4.79 Å². The van der Waals surface area contributed by atoms with E-state index in [1.165, 1.54) is 0 Å². The van der Waals surface area contributed by atoms with E-state index in [0.29, 0.717) is 16.5 Å². The molecule has 0 aliphatic rings. The minimum atomic E-state index is -0.912. The summed E-state index contributed by atoms with van der Waals surface area (Å²) < 4.78 is 0. The Labute approximate surface area is 90.1 Å². The molecule has 2 rings (SSSR count).